The number of fused-ring (bicyclic) bond motifs is 1. The number of hydrogen-bond donors (Lipinski definition) is 1. The largest absolute Gasteiger partial charge is 0.497 e. The molecule has 0 bridgehead atoms. The van der Waals surface area contributed by atoms with E-state index in [1.165, 1.54) is 0 Å². The van der Waals surface area contributed by atoms with Crippen LogP contribution in [-0.2, 0) is 0 Å². The van der Waals surface area contributed by atoms with Gasteiger partial charge in [0.25, 0.3) is 0 Å². The number of thiophene rings is 1. The summed E-state index contributed by atoms with van der Waals surface area (Å²) in [5.74, 6) is 1.49. The lowest BCUT2D eigenvalue weighted by atomic mass is 9.98. The van der Waals surface area contributed by atoms with Gasteiger partial charge in [-0.25, -0.2) is 0 Å². The van der Waals surface area contributed by atoms with Crippen molar-refractivity contribution in [3.63, 3.8) is 0 Å². The molecule has 94 valence electrons. The zero-order chi connectivity index (χ0) is 12.5. The van der Waals surface area contributed by atoms with Crippen molar-refractivity contribution in [3.8, 4) is 11.5 Å². The zero-order valence-corrected chi connectivity index (χ0v) is 10.8. The van der Waals surface area contributed by atoms with Gasteiger partial charge in [0.2, 0.25) is 0 Å². The van der Waals surface area contributed by atoms with E-state index < -0.39 is 6.10 Å². The third-order valence-corrected chi connectivity index (χ3v) is 4.11. The number of hydrogen-bond acceptors (Lipinski definition) is 4. The average Bonchev–Trinajstić information content (AvgIpc) is 2.92. The minimum Gasteiger partial charge on any atom is -0.497 e. The van der Waals surface area contributed by atoms with E-state index in [-0.39, 0.29) is 6.10 Å². The first-order valence-corrected chi connectivity index (χ1v) is 6.72. The molecule has 0 amide bonds. The molecule has 3 rings (SSSR count). The van der Waals surface area contributed by atoms with Gasteiger partial charge in [-0.05, 0) is 29.6 Å². The van der Waals surface area contributed by atoms with Crippen LogP contribution in [-0.4, -0.2) is 12.2 Å². The molecule has 2 heterocycles. The van der Waals surface area contributed by atoms with Crippen molar-refractivity contribution in [2.24, 2.45) is 0 Å². The fourth-order valence-corrected chi connectivity index (χ4v) is 2.97. The van der Waals surface area contributed by atoms with Gasteiger partial charge in [0.05, 0.1) is 13.2 Å². The summed E-state index contributed by atoms with van der Waals surface area (Å²) in [7, 11) is 1.62. The fourth-order valence-electron chi connectivity index (χ4n) is 2.20. The molecule has 0 saturated heterocycles. The number of ether oxygens (including phenoxy) is 2. The zero-order valence-electron chi connectivity index (χ0n) is 10.00. The highest BCUT2D eigenvalue weighted by Crippen LogP contribution is 2.42. The lowest BCUT2D eigenvalue weighted by molar-refractivity contribution is 0.0671. The van der Waals surface area contributed by atoms with Gasteiger partial charge in [-0.2, -0.15) is 0 Å². The van der Waals surface area contributed by atoms with Gasteiger partial charge in [0, 0.05) is 16.9 Å². The molecule has 0 radical (unpaired) electrons. The molecule has 1 aromatic heterocycles. The monoisotopic (exact) mass is 262 g/mol. The maximum Gasteiger partial charge on any atom is 0.136 e. The lowest BCUT2D eigenvalue weighted by Crippen LogP contribution is -2.18. The van der Waals surface area contributed by atoms with Gasteiger partial charge in [0.15, 0.2) is 0 Å². The summed E-state index contributed by atoms with van der Waals surface area (Å²) < 4.78 is 11.1. The van der Waals surface area contributed by atoms with Gasteiger partial charge in [-0.15, -0.1) is 11.3 Å². The fraction of sp³-hybridized carbons (Fsp3) is 0.286. The molecule has 0 saturated carbocycles. The van der Waals surface area contributed by atoms with Gasteiger partial charge >= 0.3 is 0 Å². The van der Waals surface area contributed by atoms with Crippen LogP contribution < -0.4 is 9.47 Å². The van der Waals surface area contributed by atoms with Crippen LogP contribution in [0, 0.1) is 0 Å². The molecule has 0 fully saturated rings. The van der Waals surface area contributed by atoms with Crippen molar-refractivity contribution in [1.29, 1.82) is 0 Å². The van der Waals surface area contributed by atoms with Crippen LogP contribution in [0.5, 0.6) is 11.5 Å². The van der Waals surface area contributed by atoms with Crippen LogP contribution in [0.4, 0.5) is 0 Å². The van der Waals surface area contributed by atoms with E-state index in [0.717, 1.165) is 21.9 Å². The number of aliphatic hydroxyl groups is 1. The smallest absolute Gasteiger partial charge is 0.136 e. The Morgan fingerprint density at radius 2 is 2.28 bits per heavy atom. The Labute approximate surface area is 110 Å². The van der Waals surface area contributed by atoms with E-state index in [1.54, 1.807) is 18.4 Å². The van der Waals surface area contributed by atoms with Gasteiger partial charge in [0.1, 0.15) is 17.6 Å². The van der Waals surface area contributed by atoms with E-state index in [4.69, 9.17) is 9.47 Å². The Morgan fingerprint density at radius 3 is 3.00 bits per heavy atom. The van der Waals surface area contributed by atoms with Crippen LogP contribution in [0.15, 0.2) is 35.7 Å². The Balaban J connectivity index is 1.93. The molecule has 3 nitrogen and oxygen atoms in total. The topological polar surface area (TPSA) is 38.7 Å². The minimum atomic E-state index is -0.504. The maximum absolute atomic E-state index is 10.2. The predicted molar refractivity (Wildman–Crippen MR) is 70.3 cm³/mol. The van der Waals surface area contributed by atoms with Crippen LogP contribution in [0.25, 0.3) is 0 Å². The van der Waals surface area contributed by atoms with Crippen molar-refractivity contribution in [1.82, 2.24) is 0 Å². The van der Waals surface area contributed by atoms with Crippen molar-refractivity contribution >= 4 is 11.3 Å². The first-order valence-electron chi connectivity index (χ1n) is 5.84. The molecule has 1 aliphatic heterocycles. The average molecular weight is 262 g/mol. The van der Waals surface area contributed by atoms with Crippen LogP contribution >= 0.6 is 11.3 Å². The second-order valence-corrected chi connectivity index (χ2v) is 5.26. The molecule has 2 atom stereocenters. The Hall–Kier alpha value is -1.52. The van der Waals surface area contributed by atoms with Crippen LogP contribution in [0.3, 0.4) is 0 Å². The summed E-state index contributed by atoms with van der Waals surface area (Å²) in [5.41, 5.74) is 0.808. The number of rotatable bonds is 2. The molecule has 0 aliphatic carbocycles. The number of methoxy groups -OCH3 is 1. The summed E-state index contributed by atoms with van der Waals surface area (Å²) in [6, 6.07) is 9.58. The quantitative estimate of drug-likeness (QED) is 0.902. The molecule has 18 heavy (non-hydrogen) atoms. The van der Waals surface area contributed by atoms with E-state index >= 15 is 0 Å². The summed E-state index contributed by atoms with van der Waals surface area (Å²) >= 11 is 1.65. The standard InChI is InChI=1S/C14H14O3S/c1-16-9-4-5-12-10(7-9)11(15)8-13(17-12)14-3-2-6-18-14/h2-7,11,13,15H,8H2,1H3. The van der Waals surface area contributed by atoms with Crippen molar-refractivity contribution in [2.45, 2.75) is 18.6 Å². The highest BCUT2D eigenvalue weighted by Gasteiger charge is 2.28. The van der Waals surface area contributed by atoms with Crippen LogP contribution in [0.2, 0.25) is 0 Å². The Kier molecular flexibility index (Phi) is 2.97. The number of benzene rings is 1. The lowest BCUT2D eigenvalue weighted by Gasteiger charge is -2.29. The van der Waals surface area contributed by atoms with Gasteiger partial charge in [-0.1, -0.05) is 6.07 Å². The summed E-state index contributed by atoms with van der Waals surface area (Å²) in [5, 5.41) is 12.2. The van der Waals surface area contributed by atoms with E-state index in [1.807, 2.05) is 35.7 Å². The third kappa shape index (κ3) is 1.98. The molecule has 0 spiro atoms. The van der Waals surface area contributed by atoms with E-state index in [0.29, 0.717) is 6.42 Å². The Morgan fingerprint density at radius 1 is 1.39 bits per heavy atom. The number of aliphatic hydroxyl groups excluding tert-OH is 1. The van der Waals surface area contributed by atoms with Gasteiger partial charge < -0.3 is 14.6 Å². The molecular formula is C14H14O3S. The van der Waals surface area contributed by atoms with Crippen molar-refractivity contribution in [2.75, 3.05) is 7.11 Å². The summed E-state index contributed by atoms with van der Waals surface area (Å²) in [4.78, 5) is 1.15. The first kappa shape index (κ1) is 11.6. The molecule has 1 N–H and O–H groups in total. The maximum atomic E-state index is 10.2. The first-order chi connectivity index (χ1) is 8.78. The van der Waals surface area contributed by atoms with E-state index in [2.05, 4.69) is 0 Å². The van der Waals surface area contributed by atoms with Crippen molar-refractivity contribution < 1.29 is 14.6 Å². The minimum absolute atomic E-state index is 0.0547. The molecule has 2 aromatic rings. The molecule has 1 aromatic carbocycles. The highest BCUT2D eigenvalue weighted by molar-refractivity contribution is 7.10. The SMILES string of the molecule is COc1ccc2c(c1)C(O)CC(c1cccs1)O2. The predicted octanol–water partition coefficient (Wildman–Crippen LogP) is 3.31. The van der Waals surface area contributed by atoms with Crippen LogP contribution in [0.1, 0.15) is 29.1 Å². The highest BCUT2D eigenvalue weighted by atomic mass is 32.1. The second kappa shape index (κ2) is 4.63. The molecule has 1 aliphatic rings. The Bertz CT molecular complexity index is 536. The van der Waals surface area contributed by atoms with Crippen molar-refractivity contribution in [3.05, 3.63) is 46.2 Å². The summed E-state index contributed by atoms with van der Waals surface area (Å²) in [6.07, 6.45) is 0.0255. The second-order valence-electron chi connectivity index (χ2n) is 4.28. The van der Waals surface area contributed by atoms with Gasteiger partial charge in [-0.3, -0.25) is 0 Å². The third-order valence-electron chi connectivity index (χ3n) is 3.14. The molecular weight excluding hydrogens is 248 g/mol. The summed E-state index contributed by atoms with van der Waals surface area (Å²) in [6.45, 7) is 0. The van der Waals surface area contributed by atoms with E-state index in [9.17, 15) is 5.11 Å². The molecule has 2 unspecified atom stereocenters. The molecule has 4 heteroatoms. The normalized spacial score (nSPS) is 22.1.